The molecule has 14 aromatic heterocycles. The number of aromatic amines is 4. The Hall–Kier alpha value is -11.5. The first kappa shape index (κ1) is 117. The van der Waals surface area contributed by atoms with Gasteiger partial charge in [0, 0.05) is 89.2 Å². The van der Waals surface area contributed by atoms with Crippen LogP contribution in [0.5, 0.6) is 0 Å². The third kappa shape index (κ3) is 89.6. The highest BCUT2D eigenvalue weighted by molar-refractivity contribution is 6.99. The van der Waals surface area contributed by atoms with E-state index in [0.29, 0.717) is 58.8 Å². The second-order valence-corrected chi connectivity index (χ2v) is 24.5. The fraction of sp³-hybridized carbons (Fsp3) is 0.544. The molecule has 14 aromatic rings. The first-order chi connectivity index (χ1) is 54.9. The quantitative estimate of drug-likeness (QED) is 0.0953. The lowest BCUT2D eigenvalue weighted by molar-refractivity contribution is 0.362. The molecule has 0 amide bonds. The number of rotatable bonds is 4. The Kier molecular flexibility index (Phi) is 89.5. The number of aryl methyl sites for hydroxylation is 12. The van der Waals surface area contributed by atoms with Crippen LogP contribution in [-0.4, -0.2) is 124 Å². The van der Waals surface area contributed by atoms with Crippen LogP contribution in [0.15, 0.2) is 161 Å². The summed E-state index contributed by atoms with van der Waals surface area (Å²) < 4.78 is 47.5. The summed E-state index contributed by atoms with van der Waals surface area (Å²) >= 11 is 1.29. The maximum Gasteiger partial charge on any atom is 0.260 e. The van der Waals surface area contributed by atoms with Crippen LogP contribution in [0.3, 0.4) is 0 Å². The van der Waals surface area contributed by atoms with Crippen LogP contribution in [0, 0.1) is 69.2 Å². The molecule has 0 saturated carbocycles. The number of hydrogen-bond acceptors (Lipinski definition) is 31. The van der Waals surface area contributed by atoms with Crippen LogP contribution in [0.4, 0.5) is 11.8 Å². The number of nitrogens with two attached hydrogens (primary N) is 2. The van der Waals surface area contributed by atoms with Gasteiger partial charge in [0.2, 0.25) is 29.5 Å². The highest BCUT2D eigenvalue weighted by Crippen LogP contribution is 2.12. The third-order valence-corrected chi connectivity index (χ3v) is 10.2. The standard InChI is InChI=1S/3C6H10N2O.C5H8N2S.2C4H6N2.3C4H5NO.C3H5N3O.2C3H5N3.C3H4N2.C3H3NO.7C3H8/c1-4(2)6-8-7-5(3)9-6;1-4(2)6-7-5(3)9-8-6;1-4(2)6-7-5(3)8-9-6;1-3-5-4(2)6-8-7-5;1-4-2-5-3-6-4;1-4-5-2-3-6-4;1-4-2-6-3-5-4;1-4-2-5-3-6-4;1-4-5-2-3-6-4;1-2-5-3(4)6-7-2;1-6-3-4-2-5-6;4-3-1-5-2-6-3;2*1-2-5-3-4-1;7*1-3-2/h3*4H,1-3H3;3H2,1-2H3;2*2-3H,1H3,(H,5,6);3*2-3H,1H3;1H3,(H2,4,6);2-3H,1H3;1-2H,4H2,(H,5,6);1-3H,(H,4,5);1-3H;7*3H2,1-2H3. The van der Waals surface area contributed by atoms with Crippen molar-refractivity contribution in [3.05, 3.63) is 207 Å². The molecule has 8 N–H and O–H groups in total. The molecule has 0 unspecified atom stereocenters. The number of nitrogens with zero attached hydrogens (tertiary/aromatic N) is 21. The third-order valence-electron chi connectivity index (χ3n) is 9.50. The number of aromatic nitrogens is 25. The van der Waals surface area contributed by atoms with Gasteiger partial charge in [-0.2, -0.15) is 28.8 Å². The normalized spacial score (nSPS) is 8.76. The number of hydrogen-bond donors (Lipinski definition) is 6. The first-order valence-corrected chi connectivity index (χ1v) is 39.1. The Labute approximate surface area is 688 Å². The minimum absolute atomic E-state index is 0.192. The van der Waals surface area contributed by atoms with Crippen molar-refractivity contribution in [3.8, 4) is 0 Å². The molecular formula is C79H143N27O8S. The van der Waals surface area contributed by atoms with Gasteiger partial charge in [-0.15, -0.1) is 10.2 Å². The van der Waals surface area contributed by atoms with Gasteiger partial charge in [-0.25, -0.2) is 44.9 Å². The summed E-state index contributed by atoms with van der Waals surface area (Å²) in [5.41, 5.74) is 14.5. The lowest BCUT2D eigenvalue weighted by atomic mass is 10.2. The van der Waals surface area contributed by atoms with Gasteiger partial charge >= 0.3 is 0 Å². The van der Waals surface area contributed by atoms with Gasteiger partial charge in [0.1, 0.15) is 48.8 Å². The summed E-state index contributed by atoms with van der Waals surface area (Å²) in [5, 5.41) is 21.9. The van der Waals surface area contributed by atoms with Crippen LogP contribution < -0.4 is 11.5 Å². The van der Waals surface area contributed by atoms with E-state index in [1.807, 2.05) is 90.1 Å². The largest absolute Gasteiger partial charge is 0.452 e. The molecule has 0 aliphatic carbocycles. The van der Waals surface area contributed by atoms with Gasteiger partial charge in [0.05, 0.1) is 72.6 Å². The van der Waals surface area contributed by atoms with Crippen LogP contribution in [0.2, 0.25) is 0 Å². The molecule has 0 spiro atoms. The minimum Gasteiger partial charge on any atom is -0.452 e. The molecule has 115 heavy (non-hydrogen) atoms. The Balaban J connectivity index is -0.000000215. The number of imidazole rings is 4. The zero-order chi connectivity index (χ0) is 88.7. The molecular weight excluding hydrogens is 1490 g/mol. The molecule has 0 aliphatic heterocycles. The van der Waals surface area contributed by atoms with Gasteiger partial charge < -0.3 is 67.1 Å². The van der Waals surface area contributed by atoms with Crippen molar-refractivity contribution in [1.29, 1.82) is 0 Å². The molecule has 14 heterocycles. The number of nitrogen functional groups attached to an aromatic ring is 2. The summed E-state index contributed by atoms with van der Waals surface area (Å²) in [6.45, 7) is 62.5. The predicted molar refractivity (Wildman–Crippen MR) is 458 cm³/mol. The van der Waals surface area contributed by atoms with Gasteiger partial charge in [0.25, 0.3) is 5.95 Å². The van der Waals surface area contributed by atoms with E-state index >= 15 is 0 Å². The van der Waals surface area contributed by atoms with Crippen LogP contribution in [0.25, 0.3) is 0 Å². The average Bonchev–Trinajstić information content (AvgIpc) is 1.80. The van der Waals surface area contributed by atoms with Crippen LogP contribution in [-0.2, 0) is 13.5 Å². The lowest BCUT2D eigenvalue weighted by Crippen LogP contribution is -1.88. The van der Waals surface area contributed by atoms with Crippen molar-refractivity contribution in [2.75, 3.05) is 11.5 Å². The van der Waals surface area contributed by atoms with E-state index < -0.39 is 0 Å². The van der Waals surface area contributed by atoms with Gasteiger partial charge in [-0.3, -0.25) is 4.68 Å². The van der Waals surface area contributed by atoms with E-state index in [0.717, 1.165) is 52.5 Å². The monoisotopic (exact) mass is 1630 g/mol. The highest BCUT2D eigenvalue weighted by atomic mass is 32.1. The molecule has 0 aromatic carbocycles. The molecule has 0 saturated heterocycles. The minimum atomic E-state index is 0.192. The molecule has 648 valence electrons. The summed E-state index contributed by atoms with van der Waals surface area (Å²) in [7, 11) is 1.83. The second-order valence-electron chi connectivity index (χ2n) is 24.0. The van der Waals surface area contributed by atoms with E-state index in [-0.39, 0.29) is 5.95 Å². The van der Waals surface area contributed by atoms with Gasteiger partial charge in [-0.05, 0) is 53.1 Å². The fourth-order valence-corrected chi connectivity index (χ4v) is 5.60. The van der Waals surface area contributed by atoms with Crippen molar-refractivity contribution in [2.45, 2.75) is 284 Å². The molecule has 0 bridgehead atoms. The molecule has 0 atom stereocenters. The molecule has 36 heteroatoms. The number of anilines is 2. The van der Waals surface area contributed by atoms with E-state index in [9.17, 15) is 0 Å². The maximum atomic E-state index is 5.16. The number of H-pyrrole nitrogens is 4. The number of nitrogens with one attached hydrogen (secondary N) is 4. The zero-order valence-electron chi connectivity index (χ0n) is 75.2. The molecule has 14 rings (SSSR count). The zero-order valence-corrected chi connectivity index (χ0v) is 76.0. The highest BCUT2D eigenvalue weighted by Gasteiger charge is 2.07. The average molecular weight is 1630 g/mol. The van der Waals surface area contributed by atoms with Crippen molar-refractivity contribution in [1.82, 2.24) is 124 Å². The summed E-state index contributed by atoms with van der Waals surface area (Å²) in [5.74, 6) is 9.08. The molecule has 0 fully saturated rings. The SMILES string of the molecule is CCC.CCC.CCC.CCC.CCC.CCC.CCC.CCc1nsnc1C.Cc1cnc[nH]1.Cc1cnco1.Cc1cocn1.Cc1nc(C(C)C)no1.Cc1nc(N)no1.Cc1ncc[nH]1.Cc1ncco1.Cc1nnc(C(C)C)o1.Cc1noc(C(C)C)n1.Cn1cncn1.Nc1cnc[nH]1.c1c[nH]cn1.c1cocn1. The Morgan fingerprint density at radius 1 is 0.478 bits per heavy atom. The van der Waals surface area contributed by atoms with Crippen molar-refractivity contribution in [3.63, 3.8) is 0 Å². The van der Waals surface area contributed by atoms with E-state index in [1.54, 1.807) is 120 Å². The topological polar surface area (TPSA) is 483 Å². The Morgan fingerprint density at radius 3 is 1.23 bits per heavy atom. The van der Waals surface area contributed by atoms with Crippen LogP contribution in [0.1, 0.15) is 289 Å². The van der Waals surface area contributed by atoms with Crippen molar-refractivity contribution < 1.29 is 35.7 Å². The van der Waals surface area contributed by atoms with Gasteiger partial charge in [-0.1, -0.05) is 201 Å². The van der Waals surface area contributed by atoms with E-state index in [4.69, 9.17) is 33.8 Å². The summed E-state index contributed by atoms with van der Waals surface area (Å²) in [4.78, 5) is 56.2. The summed E-state index contributed by atoms with van der Waals surface area (Å²) in [6.07, 6.45) is 41.8. The Morgan fingerprint density at radius 2 is 1.08 bits per heavy atom. The van der Waals surface area contributed by atoms with Crippen LogP contribution >= 0.6 is 11.7 Å². The maximum absolute atomic E-state index is 5.16. The fourth-order valence-electron chi connectivity index (χ4n) is 4.97. The molecule has 0 radical (unpaired) electrons. The lowest BCUT2D eigenvalue weighted by Gasteiger charge is -1.92. The van der Waals surface area contributed by atoms with E-state index in [2.05, 4.69) is 236 Å². The predicted octanol–water partition coefficient (Wildman–Crippen LogP) is 21.1. The van der Waals surface area contributed by atoms with Crippen molar-refractivity contribution in [2.24, 2.45) is 7.05 Å². The number of oxazole rings is 4. The Bertz CT molecular complexity index is 3330. The van der Waals surface area contributed by atoms with E-state index in [1.165, 1.54) is 94.8 Å². The summed E-state index contributed by atoms with van der Waals surface area (Å²) in [6, 6.07) is 0. The second kappa shape index (κ2) is 88.1. The first-order valence-electron chi connectivity index (χ1n) is 38.4. The van der Waals surface area contributed by atoms with Crippen molar-refractivity contribution >= 4 is 23.5 Å². The smallest absolute Gasteiger partial charge is 0.260 e. The van der Waals surface area contributed by atoms with Gasteiger partial charge in [0.15, 0.2) is 36.7 Å². The molecule has 35 nitrogen and oxygen atoms in total. The molecule has 0 aliphatic rings.